The number of hydrogen-bond donors (Lipinski definition) is 1. The van der Waals surface area contributed by atoms with Crippen molar-refractivity contribution in [3.05, 3.63) is 27.4 Å². The molecule has 0 saturated heterocycles. The van der Waals surface area contributed by atoms with Gasteiger partial charge in [-0.05, 0) is 44.4 Å². The highest BCUT2D eigenvalue weighted by Gasteiger charge is 2.45. The van der Waals surface area contributed by atoms with Gasteiger partial charge in [-0.25, -0.2) is 4.98 Å². The molecule has 0 unspecified atom stereocenters. The molecule has 3 rings (SSSR count). The van der Waals surface area contributed by atoms with Crippen molar-refractivity contribution in [2.45, 2.75) is 39.0 Å². The average Bonchev–Trinajstić information content (AvgIpc) is 2.87. The largest absolute Gasteiger partial charge is 0.311 e. The maximum absolute atomic E-state index is 11.7. The third kappa shape index (κ3) is 1.11. The van der Waals surface area contributed by atoms with Crippen molar-refractivity contribution >= 4 is 0 Å². The fourth-order valence-electron chi connectivity index (χ4n) is 2.51. The number of aromatic amines is 1. The van der Waals surface area contributed by atoms with E-state index >= 15 is 0 Å². The number of fused-ring (bicyclic) bond motifs is 1. The summed E-state index contributed by atoms with van der Waals surface area (Å²) in [5.41, 5.74) is 2.60. The third-order valence-corrected chi connectivity index (χ3v) is 3.62. The van der Waals surface area contributed by atoms with Gasteiger partial charge < -0.3 is 4.98 Å². The van der Waals surface area contributed by atoms with Crippen molar-refractivity contribution in [2.75, 3.05) is 0 Å². The SMILES string of the molecule is Cc1nc2c(c(=O)[nH]1)CC1(CC2)CC1. The quantitative estimate of drug-likeness (QED) is 0.671. The maximum Gasteiger partial charge on any atom is 0.254 e. The summed E-state index contributed by atoms with van der Waals surface area (Å²) in [6, 6.07) is 0. The van der Waals surface area contributed by atoms with E-state index in [0.29, 0.717) is 5.41 Å². The number of nitrogens with one attached hydrogen (secondary N) is 1. The van der Waals surface area contributed by atoms with Crippen LogP contribution in [0.4, 0.5) is 0 Å². The summed E-state index contributed by atoms with van der Waals surface area (Å²) in [5, 5.41) is 0. The van der Waals surface area contributed by atoms with Gasteiger partial charge in [0.25, 0.3) is 5.56 Å². The van der Waals surface area contributed by atoms with Crippen molar-refractivity contribution in [1.29, 1.82) is 0 Å². The number of aryl methyl sites for hydroxylation is 2. The lowest BCUT2D eigenvalue weighted by Gasteiger charge is -2.22. The van der Waals surface area contributed by atoms with Crippen LogP contribution >= 0.6 is 0 Å². The van der Waals surface area contributed by atoms with Gasteiger partial charge in [-0.2, -0.15) is 0 Å². The number of hydrogen-bond acceptors (Lipinski definition) is 2. The minimum absolute atomic E-state index is 0.0958. The van der Waals surface area contributed by atoms with Crippen LogP contribution in [0.15, 0.2) is 4.79 Å². The van der Waals surface area contributed by atoms with Crippen molar-refractivity contribution < 1.29 is 0 Å². The molecule has 1 aromatic heterocycles. The molecule has 0 aliphatic heterocycles. The summed E-state index contributed by atoms with van der Waals surface area (Å²) in [4.78, 5) is 18.9. The zero-order valence-corrected chi connectivity index (χ0v) is 8.39. The topological polar surface area (TPSA) is 45.8 Å². The molecule has 1 fully saturated rings. The lowest BCUT2D eigenvalue weighted by atomic mass is 9.84. The first-order valence-corrected chi connectivity index (χ1v) is 5.27. The molecule has 14 heavy (non-hydrogen) atoms. The Bertz CT molecular complexity index is 443. The van der Waals surface area contributed by atoms with Crippen molar-refractivity contribution in [3.63, 3.8) is 0 Å². The van der Waals surface area contributed by atoms with Crippen LogP contribution in [-0.2, 0) is 12.8 Å². The molecule has 2 aliphatic rings. The number of rotatable bonds is 0. The van der Waals surface area contributed by atoms with Crippen LogP contribution in [0.2, 0.25) is 0 Å². The molecule has 0 bridgehead atoms. The van der Waals surface area contributed by atoms with Gasteiger partial charge in [0.2, 0.25) is 0 Å². The Morgan fingerprint density at radius 3 is 2.86 bits per heavy atom. The standard InChI is InChI=1S/C11H14N2O/c1-7-12-9-2-3-11(4-5-11)6-8(9)10(14)13-7/h2-6H2,1H3,(H,12,13,14). The Labute approximate surface area is 82.6 Å². The van der Waals surface area contributed by atoms with E-state index in [4.69, 9.17) is 0 Å². The van der Waals surface area contributed by atoms with Crippen molar-refractivity contribution in [3.8, 4) is 0 Å². The molecule has 0 aromatic carbocycles. The Hall–Kier alpha value is -1.12. The highest BCUT2D eigenvalue weighted by molar-refractivity contribution is 5.25. The number of nitrogens with zero attached hydrogens (tertiary/aromatic N) is 1. The molecular formula is C11H14N2O. The monoisotopic (exact) mass is 190 g/mol. The first-order chi connectivity index (χ1) is 6.69. The van der Waals surface area contributed by atoms with Crippen molar-refractivity contribution in [1.82, 2.24) is 9.97 Å². The fourth-order valence-corrected chi connectivity index (χ4v) is 2.51. The van der Waals surface area contributed by atoms with Crippen LogP contribution in [0, 0.1) is 12.3 Å². The smallest absolute Gasteiger partial charge is 0.254 e. The molecule has 0 atom stereocenters. The predicted molar refractivity (Wildman–Crippen MR) is 53.3 cm³/mol. The van der Waals surface area contributed by atoms with Crippen LogP contribution in [0.25, 0.3) is 0 Å². The molecule has 0 amide bonds. The first kappa shape index (κ1) is 8.21. The Kier molecular flexibility index (Phi) is 1.45. The van der Waals surface area contributed by atoms with E-state index in [9.17, 15) is 4.79 Å². The average molecular weight is 190 g/mol. The third-order valence-electron chi connectivity index (χ3n) is 3.62. The summed E-state index contributed by atoms with van der Waals surface area (Å²) in [7, 11) is 0. The van der Waals surface area contributed by atoms with E-state index in [0.717, 1.165) is 29.9 Å². The minimum atomic E-state index is 0.0958. The lowest BCUT2D eigenvalue weighted by molar-refractivity contribution is 0.427. The van der Waals surface area contributed by atoms with Gasteiger partial charge in [-0.1, -0.05) is 0 Å². The molecule has 74 valence electrons. The van der Waals surface area contributed by atoms with Gasteiger partial charge >= 0.3 is 0 Å². The van der Waals surface area contributed by atoms with Gasteiger partial charge in [-0.3, -0.25) is 4.79 Å². The van der Waals surface area contributed by atoms with E-state index in [1.807, 2.05) is 6.92 Å². The zero-order chi connectivity index (χ0) is 9.76. The summed E-state index contributed by atoms with van der Waals surface area (Å²) in [6.07, 6.45) is 5.81. The van der Waals surface area contributed by atoms with Crippen molar-refractivity contribution in [2.24, 2.45) is 5.41 Å². The van der Waals surface area contributed by atoms with Gasteiger partial charge in [0, 0.05) is 5.56 Å². The summed E-state index contributed by atoms with van der Waals surface area (Å²) >= 11 is 0. The second-order valence-electron chi connectivity index (χ2n) is 4.75. The zero-order valence-electron chi connectivity index (χ0n) is 8.39. The van der Waals surface area contributed by atoms with E-state index in [1.54, 1.807) is 0 Å². The Balaban J connectivity index is 2.12. The first-order valence-electron chi connectivity index (χ1n) is 5.27. The molecule has 2 aliphatic carbocycles. The summed E-state index contributed by atoms with van der Waals surface area (Å²) in [6.45, 7) is 1.85. The highest BCUT2D eigenvalue weighted by Crippen LogP contribution is 2.53. The predicted octanol–water partition coefficient (Wildman–Crippen LogP) is 1.35. The maximum atomic E-state index is 11.7. The van der Waals surface area contributed by atoms with Crippen LogP contribution in [0.5, 0.6) is 0 Å². The van der Waals surface area contributed by atoms with Crippen LogP contribution < -0.4 is 5.56 Å². The highest BCUT2D eigenvalue weighted by atomic mass is 16.1. The van der Waals surface area contributed by atoms with E-state index in [2.05, 4.69) is 9.97 Å². The number of H-pyrrole nitrogens is 1. The molecule has 1 heterocycles. The van der Waals surface area contributed by atoms with E-state index in [1.165, 1.54) is 19.3 Å². The van der Waals surface area contributed by atoms with Crippen LogP contribution in [0.1, 0.15) is 36.3 Å². The van der Waals surface area contributed by atoms with Crippen LogP contribution in [-0.4, -0.2) is 9.97 Å². The fraction of sp³-hybridized carbons (Fsp3) is 0.636. The van der Waals surface area contributed by atoms with Crippen LogP contribution in [0.3, 0.4) is 0 Å². The van der Waals surface area contributed by atoms with E-state index in [-0.39, 0.29) is 5.56 Å². The van der Waals surface area contributed by atoms with Gasteiger partial charge in [0.15, 0.2) is 0 Å². The molecule has 1 spiro atoms. The molecule has 1 saturated carbocycles. The van der Waals surface area contributed by atoms with Gasteiger partial charge in [-0.15, -0.1) is 0 Å². The minimum Gasteiger partial charge on any atom is -0.311 e. The molecule has 3 nitrogen and oxygen atoms in total. The lowest BCUT2D eigenvalue weighted by Crippen LogP contribution is -2.26. The molecule has 0 radical (unpaired) electrons. The molecule has 1 aromatic rings. The summed E-state index contributed by atoms with van der Waals surface area (Å²) < 4.78 is 0. The summed E-state index contributed by atoms with van der Waals surface area (Å²) in [5.74, 6) is 0.750. The second-order valence-corrected chi connectivity index (χ2v) is 4.75. The Morgan fingerprint density at radius 1 is 1.36 bits per heavy atom. The molecular weight excluding hydrogens is 176 g/mol. The van der Waals surface area contributed by atoms with Gasteiger partial charge in [0.05, 0.1) is 5.69 Å². The molecule has 3 heteroatoms. The molecule has 1 N–H and O–H groups in total. The normalized spacial score (nSPS) is 22.1. The number of aromatic nitrogens is 2. The van der Waals surface area contributed by atoms with E-state index < -0.39 is 0 Å². The van der Waals surface area contributed by atoms with Gasteiger partial charge in [0.1, 0.15) is 5.82 Å². The second kappa shape index (κ2) is 2.47. The Morgan fingerprint density at radius 2 is 2.14 bits per heavy atom.